The van der Waals surface area contributed by atoms with Crippen LogP contribution < -0.4 is 5.43 Å². The first kappa shape index (κ1) is 11.0. The molecule has 1 N–H and O–H groups in total. The lowest BCUT2D eigenvalue weighted by Gasteiger charge is -2.33. The standard InChI is InChI=1S/C11H24N2/c1-4-11(10(2)3)12-13-8-6-5-7-9-13/h10-12H,4-9H2,1-3H3. The molecule has 1 fully saturated rings. The SMILES string of the molecule is CCC(NN1CCCCC1)C(C)C. The van der Waals surface area contributed by atoms with E-state index >= 15 is 0 Å². The second-order valence-corrected chi connectivity index (χ2v) is 4.44. The highest BCUT2D eigenvalue weighted by Crippen LogP contribution is 2.10. The third kappa shape index (κ3) is 3.65. The van der Waals surface area contributed by atoms with Gasteiger partial charge in [-0.25, -0.2) is 5.01 Å². The minimum Gasteiger partial charge on any atom is -0.252 e. The Morgan fingerprint density at radius 3 is 2.23 bits per heavy atom. The van der Waals surface area contributed by atoms with Crippen molar-refractivity contribution in [3.05, 3.63) is 0 Å². The number of rotatable bonds is 4. The van der Waals surface area contributed by atoms with Gasteiger partial charge in [0, 0.05) is 19.1 Å². The van der Waals surface area contributed by atoms with Gasteiger partial charge in [-0.3, -0.25) is 5.43 Å². The van der Waals surface area contributed by atoms with E-state index in [0.29, 0.717) is 6.04 Å². The van der Waals surface area contributed by atoms with Crippen LogP contribution in [0.5, 0.6) is 0 Å². The zero-order valence-corrected chi connectivity index (χ0v) is 9.34. The molecule has 13 heavy (non-hydrogen) atoms. The maximum Gasteiger partial charge on any atom is 0.0235 e. The summed E-state index contributed by atoms with van der Waals surface area (Å²) in [6.45, 7) is 9.34. The van der Waals surface area contributed by atoms with Crippen LogP contribution in [0.3, 0.4) is 0 Å². The Hall–Kier alpha value is -0.0800. The van der Waals surface area contributed by atoms with Gasteiger partial charge in [-0.05, 0) is 25.2 Å². The number of nitrogens with one attached hydrogen (secondary N) is 1. The topological polar surface area (TPSA) is 15.3 Å². The highest BCUT2D eigenvalue weighted by molar-refractivity contribution is 4.69. The monoisotopic (exact) mass is 184 g/mol. The van der Waals surface area contributed by atoms with Crippen molar-refractivity contribution < 1.29 is 0 Å². The zero-order chi connectivity index (χ0) is 9.68. The lowest BCUT2D eigenvalue weighted by Crippen LogP contribution is -2.48. The van der Waals surface area contributed by atoms with E-state index in [1.807, 2.05) is 0 Å². The van der Waals surface area contributed by atoms with Gasteiger partial charge in [0.05, 0.1) is 0 Å². The fraction of sp³-hybridized carbons (Fsp3) is 1.00. The van der Waals surface area contributed by atoms with Crippen molar-refractivity contribution in [2.24, 2.45) is 5.92 Å². The molecule has 0 amide bonds. The van der Waals surface area contributed by atoms with E-state index in [1.54, 1.807) is 0 Å². The summed E-state index contributed by atoms with van der Waals surface area (Å²) in [6.07, 6.45) is 5.37. The van der Waals surface area contributed by atoms with Gasteiger partial charge >= 0.3 is 0 Å². The molecule has 0 aromatic heterocycles. The van der Waals surface area contributed by atoms with Crippen molar-refractivity contribution in [1.82, 2.24) is 10.4 Å². The van der Waals surface area contributed by atoms with Crippen LogP contribution in [-0.4, -0.2) is 24.1 Å². The van der Waals surface area contributed by atoms with Gasteiger partial charge in [-0.15, -0.1) is 0 Å². The molecule has 2 heteroatoms. The van der Waals surface area contributed by atoms with E-state index in [2.05, 4.69) is 31.2 Å². The van der Waals surface area contributed by atoms with Crippen LogP contribution in [-0.2, 0) is 0 Å². The largest absolute Gasteiger partial charge is 0.252 e. The Kier molecular flexibility index (Phi) is 4.74. The van der Waals surface area contributed by atoms with Gasteiger partial charge in [0.1, 0.15) is 0 Å². The predicted octanol–water partition coefficient (Wildman–Crippen LogP) is 2.41. The number of hydrogen-bond donors (Lipinski definition) is 1. The van der Waals surface area contributed by atoms with E-state index in [-0.39, 0.29) is 0 Å². The van der Waals surface area contributed by atoms with E-state index in [4.69, 9.17) is 0 Å². The molecule has 1 rings (SSSR count). The molecule has 1 atom stereocenters. The molecule has 1 aliphatic heterocycles. The fourth-order valence-electron chi connectivity index (χ4n) is 1.97. The summed E-state index contributed by atoms with van der Waals surface area (Å²) in [7, 11) is 0. The maximum atomic E-state index is 3.64. The van der Waals surface area contributed by atoms with E-state index in [1.165, 1.54) is 38.8 Å². The first-order valence-corrected chi connectivity index (χ1v) is 5.75. The van der Waals surface area contributed by atoms with Crippen molar-refractivity contribution in [2.45, 2.75) is 52.5 Å². The van der Waals surface area contributed by atoms with Crippen LogP contribution in [0.15, 0.2) is 0 Å². The lowest BCUT2D eigenvalue weighted by molar-refractivity contribution is 0.111. The summed E-state index contributed by atoms with van der Waals surface area (Å²) >= 11 is 0. The van der Waals surface area contributed by atoms with Crippen LogP contribution in [0, 0.1) is 5.92 Å². The molecule has 0 aliphatic carbocycles. The van der Waals surface area contributed by atoms with E-state index < -0.39 is 0 Å². The van der Waals surface area contributed by atoms with Crippen LogP contribution in [0.2, 0.25) is 0 Å². The van der Waals surface area contributed by atoms with Crippen molar-refractivity contribution in [1.29, 1.82) is 0 Å². The average molecular weight is 184 g/mol. The number of piperidine rings is 1. The van der Waals surface area contributed by atoms with Crippen molar-refractivity contribution in [3.63, 3.8) is 0 Å². The van der Waals surface area contributed by atoms with Crippen LogP contribution >= 0.6 is 0 Å². The normalized spacial score (nSPS) is 22.2. The fourth-order valence-corrected chi connectivity index (χ4v) is 1.97. The first-order chi connectivity index (χ1) is 6.24. The Balaban J connectivity index is 2.27. The van der Waals surface area contributed by atoms with Gasteiger partial charge < -0.3 is 0 Å². The lowest BCUT2D eigenvalue weighted by atomic mass is 10.0. The van der Waals surface area contributed by atoms with E-state index in [0.717, 1.165) is 5.92 Å². The Morgan fingerprint density at radius 2 is 1.77 bits per heavy atom. The molecule has 0 saturated carbocycles. The minimum atomic E-state index is 0.665. The van der Waals surface area contributed by atoms with Gasteiger partial charge in [-0.2, -0.15) is 0 Å². The molecular formula is C11H24N2. The summed E-state index contributed by atoms with van der Waals surface area (Å²) in [5.41, 5.74) is 3.64. The number of nitrogens with zero attached hydrogens (tertiary/aromatic N) is 1. The van der Waals surface area contributed by atoms with Gasteiger partial charge in [-0.1, -0.05) is 27.2 Å². The van der Waals surface area contributed by atoms with Gasteiger partial charge in [0.15, 0.2) is 0 Å². The first-order valence-electron chi connectivity index (χ1n) is 5.75. The second kappa shape index (κ2) is 5.61. The summed E-state index contributed by atoms with van der Waals surface area (Å²) in [5, 5.41) is 2.41. The molecule has 1 unspecified atom stereocenters. The Labute approximate surface area is 82.7 Å². The van der Waals surface area contributed by atoms with Gasteiger partial charge in [0.25, 0.3) is 0 Å². The average Bonchev–Trinajstić information content (AvgIpc) is 2.15. The smallest absolute Gasteiger partial charge is 0.0235 e. The molecular weight excluding hydrogens is 160 g/mol. The minimum absolute atomic E-state index is 0.665. The Morgan fingerprint density at radius 1 is 1.15 bits per heavy atom. The predicted molar refractivity (Wildman–Crippen MR) is 57.5 cm³/mol. The molecule has 1 saturated heterocycles. The molecule has 0 radical (unpaired) electrons. The van der Waals surface area contributed by atoms with E-state index in [9.17, 15) is 0 Å². The van der Waals surface area contributed by atoms with Crippen molar-refractivity contribution in [3.8, 4) is 0 Å². The third-order valence-corrected chi connectivity index (χ3v) is 2.95. The van der Waals surface area contributed by atoms with Crippen molar-refractivity contribution in [2.75, 3.05) is 13.1 Å². The second-order valence-electron chi connectivity index (χ2n) is 4.44. The molecule has 78 valence electrons. The highest BCUT2D eigenvalue weighted by Gasteiger charge is 2.16. The molecule has 0 aromatic rings. The molecule has 0 bridgehead atoms. The van der Waals surface area contributed by atoms with Crippen LogP contribution in [0.1, 0.15) is 46.5 Å². The maximum absolute atomic E-state index is 3.64. The summed E-state index contributed by atoms with van der Waals surface area (Å²) < 4.78 is 0. The molecule has 2 nitrogen and oxygen atoms in total. The third-order valence-electron chi connectivity index (χ3n) is 2.95. The molecule has 1 aliphatic rings. The molecule has 1 heterocycles. The quantitative estimate of drug-likeness (QED) is 0.722. The zero-order valence-electron chi connectivity index (χ0n) is 9.34. The van der Waals surface area contributed by atoms with Gasteiger partial charge in [0.2, 0.25) is 0 Å². The number of hydrazine groups is 1. The van der Waals surface area contributed by atoms with Crippen LogP contribution in [0.4, 0.5) is 0 Å². The number of hydrogen-bond acceptors (Lipinski definition) is 2. The molecule has 0 aromatic carbocycles. The van der Waals surface area contributed by atoms with Crippen LogP contribution in [0.25, 0.3) is 0 Å². The molecule has 0 spiro atoms. The van der Waals surface area contributed by atoms with Crippen molar-refractivity contribution >= 4 is 0 Å². The summed E-state index contributed by atoms with van der Waals surface area (Å²) in [5.74, 6) is 0.743. The highest BCUT2D eigenvalue weighted by atomic mass is 15.5. The summed E-state index contributed by atoms with van der Waals surface area (Å²) in [6, 6.07) is 0.665. The Bertz CT molecular complexity index is 128. The summed E-state index contributed by atoms with van der Waals surface area (Å²) in [4.78, 5) is 0.